The number of hydrogen-bond donors (Lipinski definition) is 1. The minimum atomic E-state index is 0.737. The molecule has 2 nitrogen and oxygen atoms in total. The lowest BCUT2D eigenvalue weighted by Crippen LogP contribution is -1.86. The lowest BCUT2D eigenvalue weighted by atomic mass is 10.2. The molecular formula is C20H29NO. The van der Waals surface area contributed by atoms with E-state index in [9.17, 15) is 4.79 Å². The zero-order valence-electron chi connectivity index (χ0n) is 14.7. The van der Waals surface area contributed by atoms with Crippen molar-refractivity contribution < 1.29 is 4.79 Å². The third-order valence-electron chi connectivity index (χ3n) is 2.52. The molecule has 0 spiro atoms. The number of nitrogens with one attached hydrogen (secondary N) is 1. The summed E-state index contributed by atoms with van der Waals surface area (Å²) in [5.41, 5.74) is 4.39. The van der Waals surface area contributed by atoms with Crippen molar-refractivity contribution in [2.75, 3.05) is 12.4 Å². The zero-order chi connectivity index (χ0) is 17.0. The van der Waals surface area contributed by atoms with Gasteiger partial charge in [0.1, 0.15) is 6.29 Å². The summed E-state index contributed by atoms with van der Waals surface area (Å²) in [6.07, 6.45) is 0.847. The normalized spacial score (nSPS) is 9.05. The molecule has 0 saturated heterocycles. The second-order valence-electron chi connectivity index (χ2n) is 5.88. The lowest BCUT2D eigenvalue weighted by Gasteiger charge is -1.98. The van der Waals surface area contributed by atoms with E-state index in [1.54, 1.807) is 0 Å². The molecule has 0 saturated carbocycles. The van der Waals surface area contributed by atoms with Gasteiger partial charge >= 0.3 is 0 Å². The Morgan fingerprint density at radius 1 is 0.909 bits per heavy atom. The van der Waals surface area contributed by atoms with Gasteiger partial charge in [0.05, 0.1) is 0 Å². The number of anilines is 1. The maximum Gasteiger partial charge on any atom is 0.150 e. The predicted octanol–water partition coefficient (Wildman–Crippen LogP) is 5.51. The first-order valence-corrected chi connectivity index (χ1v) is 7.65. The molecule has 22 heavy (non-hydrogen) atoms. The van der Waals surface area contributed by atoms with E-state index in [1.165, 1.54) is 16.8 Å². The van der Waals surface area contributed by atoms with Crippen LogP contribution in [0.15, 0.2) is 48.5 Å². The molecule has 0 aliphatic carbocycles. The summed E-state index contributed by atoms with van der Waals surface area (Å²) in [5.74, 6) is 0.833. The molecule has 0 unspecified atom stereocenters. The summed E-state index contributed by atoms with van der Waals surface area (Å²) in [4.78, 5) is 10.1. The lowest BCUT2D eigenvalue weighted by molar-refractivity contribution is 0.112. The van der Waals surface area contributed by atoms with Gasteiger partial charge in [0, 0.05) is 18.3 Å². The summed E-state index contributed by atoms with van der Waals surface area (Å²) in [6, 6.07) is 15.7. The molecular weight excluding hydrogens is 270 g/mol. The van der Waals surface area contributed by atoms with Gasteiger partial charge < -0.3 is 5.32 Å². The predicted molar refractivity (Wildman–Crippen MR) is 97.8 cm³/mol. The summed E-state index contributed by atoms with van der Waals surface area (Å²) < 4.78 is 0. The molecule has 0 aliphatic heterocycles. The monoisotopic (exact) mass is 299 g/mol. The zero-order valence-corrected chi connectivity index (χ0v) is 14.7. The van der Waals surface area contributed by atoms with Crippen molar-refractivity contribution in [3.05, 3.63) is 65.2 Å². The van der Waals surface area contributed by atoms with Crippen molar-refractivity contribution >= 4 is 12.0 Å². The average Bonchev–Trinajstić information content (AvgIpc) is 2.48. The average molecular weight is 299 g/mol. The highest BCUT2D eigenvalue weighted by Gasteiger charge is 1.85. The van der Waals surface area contributed by atoms with Crippen LogP contribution in [-0.2, 0) is 0 Å². The summed E-state index contributed by atoms with van der Waals surface area (Å²) in [7, 11) is 1.93. The van der Waals surface area contributed by atoms with Gasteiger partial charge in [-0.2, -0.15) is 0 Å². The number of carbonyl (C=O) groups excluding carboxylic acids is 1. The molecule has 0 heterocycles. The van der Waals surface area contributed by atoms with E-state index in [4.69, 9.17) is 0 Å². The van der Waals surface area contributed by atoms with Gasteiger partial charge in [0.15, 0.2) is 0 Å². The third kappa shape index (κ3) is 10.7. The van der Waals surface area contributed by atoms with Crippen LogP contribution in [-0.4, -0.2) is 13.3 Å². The first-order valence-electron chi connectivity index (χ1n) is 7.65. The molecule has 1 N–H and O–H groups in total. The number of benzene rings is 2. The fourth-order valence-corrected chi connectivity index (χ4v) is 1.45. The van der Waals surface area contributed by atoms with Crippen LogP contribution in [0.3, 0.4) is 0 Å². The van der Waals surface area contributed by atoms with Gasteiger partial charge in [-0.25, -0.2) is 0 Å². The van der Waals surface area contributed by atoms with Crippen molar-refractivity contribution in [3.63, 3.8) is 0 Å². The minimum Gasteiger partial charge on any atom is -0.388 e. The summed E-state index contributed by atoms with van der Waals surface area (Å²) >= 11 is 0. The highest BCUT2D eigenvalue weighted by molar-refractivity contribution is 5.74. The highest BCUT2D eigenvalue weighted by atomic mass is 16.1. The van der Waals surface area contributed by atoms with E-state index in [2.05, 4.69) is 45.1 Å². The molecule has 0 fully saturated rings. The molecule has 0 aliphatic rings. The van der Waals surface area contributed by atoms with E-state index in [1.807, 2.05) is 50.4 Å². The maximum absolute atomic E-state index is 10.1. The number of hydrogen-bond acceptors (Lipinski definition) is 2. The smallest absolute Gasteiger partial charge is 0.150 e. The van der Waals surface area contributed by atoms with Crippen molar-refractivity contribution in [2.24, 2.45) is 5.92 Å². The molecule has 0 bridgehead atoms. The molecule has 0 atom stereocenters. The van der Waals surface area contributed by atoms with Crippen LogP contribution in [0.25, 0.3) is 0 Å². The molecule has 0 aromatic heterocycles. The molecule has 0 amide bonds. The van der Waals surface area contributed by atoms with Gasteiger partial charge in [-0.3, -0.25) is 4.79 Å². The summed E-state index contributed by atoms with van der Waals surface area (Å²) in [5, 5.41) is 3.07. The standard InChI is InChI=1S/C8H11N.C8H8O.C4H10/c1-7-4-3-5-8(6-7)9-2;1-7-2-4-8(6-9)5-3-7;1-4(2)3/h3-6,9H,1-2H3;2-6H,1H3;4H,1-3H3. The molecule has 2 rings (SSSR count). The molecule has 120 valence electrons. The quantitative estimate of drug-likeness (QED) is 0.741. The van der Waals surface area contributed by atoms with Crippen LogP contribution in [0.2, 0.25) is 0 Å². The van der Waals surface area contributed by atoms with E-state index < -0.39 is 0 Å². The van der Waals surface area contributed by atoms with Crippen molar-refractivity contribution in [1.29, 1.82) is 0 Å². The van der Waals surface area contributed by atoms with Crippen LogP contribution in [0, 0.1) is 19.8 Å². The Balaban J connectivity index is 0.000000326. The Morgan fingerprint density at radius 3 is 1.82 bits per heavy atom. The van der Waals surface area contributed by atoms with Crippen molar-refractivity contribution in [2.45, 2.75) is 34.6 Å². The van der Waals surface area contributed by atoms with Gasteiger partial charge in [-0.05, 0) is 37.5 Å². The third-order valence-corrected chi connectivity index (χ3v) is 2.52. The molecule has 2 heteroatoms. The number of aldehydes is 1. The number of aryl methyl sites for hydroxylation is 2. The first kappa shape index (κ1) is 19.9. The van der Waals surface area contributed by atoms with Gasteiger partial charge in [-0.1, -0.05) is 62.7 Å². The second-order valence-corrected chi connectivity index (χ2v) is 5.88. The Labute approximate surface area is 135 Å². The fraction of sp³-hybridized carbons (Fsp3) is 0.350. The van der Waals surface area contributed by atoms with Crippen molar-refractivity contribution in [3.8, 4) is 0 Å². The van der Waals surface area contributed by atoms with Gasteiger partial charge in [0.2, 0.25) is 0 Å². The summed E-state index contributed by atoms with van der Waals surface area (Å²) in [6.45, 7) is 10.6. The SMILES string of the molecule is CC(C)C.CNc1cccc(C)c1.Cc1ccc(C=O)cc1. The van der Waals surface area contributed by atoms with Gasteiger partial charge in [-0.15, -0.1) is 0 Å². The maximum atomic E-state index is 10.1. The number of rotatable bonds is 2. The van der Waals surface area contributed by atoms with Crippen LogP contribution < -0.4 is 5.32 Å². The largest absolute Gasteiger partial charge is 0.388 e. The van der Waals surface area contributed by atoms with Crippen LogP contribution in [0.1, 0.15) is 42.3 Å². The van der Waals surface area contributed by atoms with Crippen LogP contribution in [0.5, 0.6) is 0 Å². The minimum absolute atomic E-state index is 0.737. The van der Waals surface area contributed by atoms with E-state index in [0.717, 1.165) is 17.8 Å². The fourth-order valence-electron chi connectivity index (χ4n) is 1.45. The Kier molecular flexibility index (Phi) is 10.5. The topological polar surface area (TPSA) is 29.1 Å². The first-order chi connectivity index (χ1) is 10.4. The van der Waals surface area contributed by atoms with Crippen LogP contribution >= 0.6 is 0 Å². The number of carbonyl (C=O) groups is 1. The van der Waals surface area contributed by atoms with E-state index in [-0.39, 0.29) is 0 Å². The van der Waals surface area contributed by atoms with Crippen molar-refractivity contribution in [1.82, 2.24) is 0 Å². The Hall–Kier alpha value is -2.09. The van der Waals surface area contributed by atoms with E-state index >= 15 is 0 Å². The van der Waals surface area contributed by atoms with Crippen LogP contribution in [0.4, 0.5) is 5.69 Å². The Bertz CT molecular complexity index is 527. The Morgan fingerprint density at radius 2 is 1.45 bits per heavy atom. The molecule has 2 aromatic carbocycles. The van der Waals surface area contributed by atoms with Gasteiger partial charge in [0.25, 0.3) is 0 Å². The molecule has 2 aromatic rings. The second kappa shape index (κ2) is 11.6. The highest BCUT2D eigenvalue weighted by Crippen LogP contribution is 2.07. The molecule has 0 radical (unpaired) electrons. The van der Waals surface area contributed by atoms with E-state index in [0.29, 0.717) is 0 Å².